The maximum atomic E-state index is 13.9. The molecule has 39 heavy (non-hydrogen) atoms. The molecule has 10 heteroatoms. The van der Waals surface area contributed by atoms with Crippen LogP contribution in [0, 0.1) is 0 Å². The number of anilines is 1. The van der Waals surface area contributed by atoms with Gasteiger partial charge in [-0.15, -0.1) is 0 Å². The first-order chi connectivity index (χ1) is 18.5. The van der Waals surface area contributed by atoms with Crippen LogP contribution < -0.4 is 9.62 Å². The first-order valence-corrected chi connectivity index (χ1v) is 14.8. The molecule has 3 rings (SSSR count). The van der Waals surface area contributed by atoms with E-state index in [0.29, 0.717) is 27.7 Å². The zero-order chi connectivity index (χ0) is 28.7. The molecule has 0 unspecified atom stereocenters. The van der Waals surface area contributed by atoms with Gasteiger partial charge in [-0.3, -0.25) is 13.9 Å². The molecule has 0 radical (unpaired) electrons. The minimum atomic E-state index is -4.11. The second-order valence-corrected chi connectivity index (χ2v) is 12.1. The average Bonchev–Trinajstić information content (AvgIpc) is 2.93. The molecule has 7 nitrogen and oxygen atoms in total. The van der Waals surface area contributed by atoms with E-state index in [0.717, 1.165) is 9.87 Å². The van der Waals surface area contributed by atoms with E-state index in [1.165, 1.54) is 24.1 Å². The third kappa shape index (κ3) is 7.32. The Morgan fingerprint density at radius 3 is 2.10 bits per heavy atom. The van der Waals surface area contributed by atoms with Crippen LogP contribution in [-0.4, -0.2) is 44.8 Å². The summed E-state index contributed by atoms with van der Waals surface area (Å²) < 4.78 is 28.7. The summed E-state index contributed by atoms with van der Waals surface area (Å²) in [6.45, 7) is 5.40. The summed E-state index contributed by atoms with van der Waals surface area (Å²) in [4.78, 5) is 28.2. The largest absolute Gasteiger partial charge is 0.357 e. The molecular weight excluding hydrogens is 557 g/mol. The number of nitrogens with zero attached hydrogens (tertiary/aromatic N) is 2. The van der Waals surface area contributed by atoms with Crippen molar-refractivity contribution in [3.63, 3.8) is 0 Å². The van der Waals surface area contributed by atoms with Crippen molar-refractivity contribution >= 4 is 50.7 Å². The molecule has 0 aromatic heterocycles. The Bertz CT molecular complexity index is 1400. The molecular formula is C29H33Cl2N3O4S. The van der Waals surface area contributed by atoms with Gasteiger partial charge in [0.15, 0.2) is 0 Å². The van der Waals surface area contributed by atoms with Gasteiger partial charge in [0.1, 0.15) is 12.6 Å². The summed E-state index contributed by atoms with van der Waals surface area (Å²) in [6.07, 6.45) is 0.321. The number of halogens is 2. The van der Waals surface area contributed by atoms with Crippen LogP contribution in [0.5, 0.6) is 0 Å². The van der Waals surface area contributed by atoms with Crippen LogP contribution in [0.15, 0.2) is 77.7 Å². The van der Waals surface area contributed by atoms with E-state index in [4.69, 9.17) is 23.2 Å². The first-order valence-electron chi connectivity index (χ1n) is 12.6. The highest BCUT2D eigenvalue weighted by Crippen LogP contribution is 2.28. The number of hydrogen-bond acceptors (Lipinski definition) is 4. The minimum Gasteiger partial charge on any atom is -0.357 e. The summed E-state index contributed by atoms with van der Waals surface area (Å²) in [5.74, 6) is -0.645. The fourth-order valence-electron chi connectivity index (χ4n) is 4.19. The van der Waals surface area contributed by atoms with Gasteiger partial charge in [-0.1, -0.05) is 80.4 Å². The van der Waals surface area contributed by atoms with Crippen LogP contribution in [0.3, 0.4) is 0 Å². The summed E-state index contributed by atoms with van der Waals surface area (Å²) in [5, 5.41) is 3.28. The van der Waals surface area contributed by atoms with Crippen LogP contribution in [0.2, 0.25) is 10.0 Å². The van der Waals surface area contributed by atoms with Crippen molar-refractivity contribution in [1.82, 2.24) is 10.2 Å². The molecule has 3 aromatic rings. The van der Waals surface area contributed by atoms with Crippen molar-refractivity contribution in [2.75, 3.05) is 17.9 Å². The molecule has 208 valence electrons. The highest BCUT2D eigenvalue weighted by Gasteiger charge is 2.33. The van der Waals surface area contributed by atoms with E-state index in [1.807, 2.05) is 26.0 Å². The third-order valence-corrected chi connectivity index (χ3v) is 8.95. The van der Waals surface area contributed by atoms with Crippen LogP contribution in [0.25, 0.3) is 0 Å². The minimum absolute atomic E-state index is 0.0349. The average molecular weight is 591 g/mol. The van der Waals surface area contributed by atoms with E-state index in [1.54, 1.807) is 55.5 Å². The van der Waals surface area contributed by atoms with Crippen molar-refractivity contribution in [3.8, 4) is 0 Å². The first kappa shape index (κ1) is 30.5. The van der Waals surface area contributed by atoms with Gasteiger partial charge in [0.05, 0.1) is 20.6 Å². The molecule has 3 aromatic carbocycles. The van der Waals surface area contributed by atoms with Gasteiger partial charge in [0.25, 0.3) is 10.0 Å². The van der Waals surface area contributed by atoms with Crippen LogP contribution >= 0.6 is 23.2 Å². The fourth-order valence-corrected chi connectivity index (χ4v) is 5.95. The molecule has 0 saturated carbocycles. The van der Waals surface area contributed by atoms with E-state index < -0.39 is 28.5 Å². The molecule has 0 fully saturated rings. The Morgan fingerprint density at radius 2 is 1.56 bits per heavy atom. The van der Waals surface area contributed by atoms with Crippen LogP contribution in [0.4, 0.5) is 5.69 Å². The van der Waals surface area contributed by atoms with E-state index in [9.17, 15) is 18.0 Å². The fraction of sp³-hybridized carbons (Fsp3) is 0.310. The normalized spacial score (nSPS) is 12.2. The molecule has 0 aliphatic rings. The molecule has 0 spiro atoms. The van der Waals surface area contributed by atoms with E-state index in [2.05, 4.69) is 5.32 Å². The number of sulfonamides is 1. The SMILES string of the molecule is CC[C@H](C(=O)NC)N(Cc1ccc(Cl)c(Cl)c1)C(=O)CN(c1ccc(C(C)C)cc1)S(=O)(=O)c1ccccc1. The predicted octanol–water partition coefficient (Wildman–Crippen LogP) is 5.87. The van der Waals surface area contributed by atoms with Crippen LogP contribution in [-0.2, 0) is 26.2 Å². The van der Waals surface area contributed by atoms with Gasteiger partial charge >= 0.3 is 0 Å². The topological polar surface area (TPSA) is 86.8 Å². The van der Waals surface area contributed by atoms with Gasteiger partial charge in [0.2, 0.25) is 11.8 Å². The highest BCUT2D eigenvalue weighted by atomic mass is 35.5. The van der Waals surface area contributed by atoms with E-state index in [-0.39, 0.29) is 23.3 Å². The Hall–Kier alpha value is -3.07. The maximum absolute atomic E-state index is 13.9. The number of nitrogens with one attached hydrogen (secondary N) is 1. The number of benzene rings is 3. The third-order valence-electron chi connectivity index (χ3n) is 6.43. The van der Waals surface area contributed by atoms with Gasteiger partial charge in [0, 0.05) is 13.6 Å². The Balaban J connectivity index is 2.07. The Labute approximate surface area is 240 Å². The number of carbonyl (C=O) groups is 2. The Morgan fingerprint density at radius 1 is 0.923 bits per heavy atom. The number of likely N-dealkylation sites (N-methyl/N-ethyl adjacent to an activating group) is 1. The van der Waals surface area contributed by atoms with Crippen LogP contribution in [0.1, 0.15) is 44.2 Å². The molecule has 0 bridgehead atoms. The number of hydrogen-bond donors (Lipinski definition) is 1. The maximum Gasteiger partial charge on any atom is 0.264 e. The number of rotatable bonds is 11. The molecule has 1 atom stereocenters. The second kappa shape index (κ2) is 13.3. The Kier molecular flexibility index (Phi) is 10.4. The monoisotopic (exact) mass is 589 g/mol. The molecule has 1 N–H and O–H groups in total. The lowest BCUT2D eigenvalue weighted by molar-refractivity contribution is -0.140. The summed E-state index contributed by atoms with van der Waals surface area (Å²) in [6, 6.07) is 19.2. The smallest absolute Gasteiger partial charge is 0.264 e. The predicted molar refractivity (Wildman–Crippen MR) is 157 cm³/mol. The van der Waals surface area contributed by atoms with Crippen molar-refractivity contribution < 1.29 is 18.0 Å². The summed E-state index contributed by atoms with van der Waals surface area (Å²) in [5.41, 5.74) is 2.03. The second-order valence-electron chi connectivity index (χ2n) is 9.38. The van der Waals surface area contributed by atoms with Gasteiger partial charge < -0.3 is 10.2 Å². The zero-order valence-corrected chi connectivity index (χ0v) is 24.7. The molecule has 0 aliphatic carbocycles. The summed E-state index contributed by atoms with van der Waals surface area (Å²) in [7, 11) is -2.62. The summed E-state index contributed by atoms with van der Waals surface area (Å²) >= 11 is 12.3. The number of amides is 2. The zero-order valence-electron chi connectivity index (χ0n) is 22.4. The molecule has 0 heterocycles. The molecule has 2 amide bonds. The van der Waals surface area contributed by atoms with Crippen molar-refractivity contribution in [2.45, 2.75) is 50.6 Å². The van der Waals surface area contributed by atoms with Crippen molar-refractivity contribution in [3.05, 3.63) is 94.0 Å². The van der Waals surface area contributed by atoms with Gasteiger partial charge in [-0.25, -0.2) is 8.42 Å². The van der Waals surface area contributed by atoms with Crippen molar-refractivity contribution in [1.29, 1.82) is 0 Å². The quantitative estimate of drug-likeness (QED) is 0.303. The lowest BCUT2D eigenvalue weighted by Crippen LogP contribution is -2.51. The van der Waals surface area contributed by atoms with Crippen molar-refractivity contribution in [2.24, 2.45) is 0 Å². The highest BCUT2D eigenvalue weighted by molar-refractivity contribution is 7.92. The van der Waals surface area contributed by atoms with Gasteiger partial charge in [-0.2, -0.15) is 0 Å². The lowest BCUT2D eigenvalue weighted by atomic mass is 10.0. The molecule has 0 aliphatic heterocycles. The lowest BCUT2D eigenvalue weighted by Gasteiger charge is -2.33. The van der Waals surface area contributed by atoms with Gasteiger partial charge in [-0.05, 0) is 59.9 Å². The molecule has 0 saturated heterocycles. The number of carbonyl (C=O) groups excluding carboxylic acids is 2. The van der Waals surface area contributed by atoms with E-state index >= 15 is 0 Å². The standard InChI is InChI=1S/C29H33Cl2N3O4S/c1-5-27(29(36)32-4)33(18-21-11-16-25(30)26(31)17-21)28(35)19-34(23-14-12-22(13-15-23)20(2)3)39(37,38)24-9-7-6-8-10-24/h6-17,20,27H,5,18-19H2,1-4H3,(H,32,36)/t27-/m1/s1.